The van der Waals surface area contributed by atoms with Crippen LogP contribution in [0.3, 0.4) is 0 Å². The second-order valence-electron chi connectivity index (χ2n) is 35.7. The van der Waals surface area contributed by atoms with Crippen molar-refractivity contribution in [3.63, 3.8) is 0 Å². The second-order valence-corrected chi connectivity index (χ2v) is 43.9. The molecule has 11 unspecified atom stereocenters. The zero-order valence-corrected chi connectivity index (χ0v) is 82.1. The number of rotatable bonds is 4. The van der Waals surface area contributed by atoms with E-state index in [-0.39, 0.29) is 52.1 Å². The molecule has 7 aromatic rings. The van der Waals surface area contributed by atoms with E-state index in [9.17, 15) is 14.4 Å². The van der Waals surface area contributed by atoms with Gasteiger partial charge in [0.2, 0.25) is 29.6 Å². The van der Waals surface area contributed by atoms with Gasteiger partial charge in [0.1, 0.15) is 56.9 Å². The highest BCUT2D eigenvalue weighted by Gasteiger charge is 2.58. The van der Waals surface area contributed by atoms with Crippen molar-refractivity contribution in [3.05, 3.63) is 215 Å². The smallest absolute Gasteiger partial charge is 0.487 e. The van der Waals surface area contributed by atoms with E-state index in [2.05, 4.69) is 161 Å². The molecule has 0 saturated heterocycles. The summed E-state index contributed by atoms with van der Waals surface area (Å²) in [6.07, 6.45) is 20.2. The van der Waals surface area contributed by atoms with Gasteiger partial charge in [-0.3, -0.25) is 19.0 Å². The maximum absolute atomic E-state index is 12.2. The SMILES string of the molecule is C=C=N[Si](C)(C)C.CC(=O)c1cc(Br)ccc1O.CC1CCC(=O)C1.CC1CCC2(C1)CC1(N=C(N)N(C)O1)c1cc(Br)ccc1O2.CC1CCC2(CC(=NC#N)c3cc(Br)ccc3O2)C1.CC1CCC2(CC(=O)c3cc(Br)ccc3O2)C1.CNO.Cl.[C-]#[N+]c1cccc(-c2ccc3c(c2)C2(CC4(CCC(C)C4)O3)N=C(N)N(C)O2)c1.[C-]#[N+]c1cccc(B(O)O)c1. The van der Waals surface area contributed by atoms with E-state index in [4.69, 9.17) is 83.9 Å². The number of carbonyl (C=O) groups excluding carboxylic acids is 3. The number of ketones is 3. The van der Waals surface area contributed by atoms with Crippen LogP contribution in [0.25, 0.3) is 20.8 Å². The predicted molar refractivity (Wildman–Crippen MR) is 516 cm³/mol. The first kappa shape index (κ1) is 102. The fourth-order valence-electron chi connectivity index (χ4n) is 18.1. The lowest BCUT2D eigenvalue weighted by Crippen LogP contribution is -2.47. The van der Waals surface area contributed by atoms with Crippen molar-refractivity contribution in [2.45, 2.75) is 217 Å². The van der Waals surface area contributed by atoms with E-state index in [1.807, 2.05) is 97.2 Å². The van der Waals surface area contributed by atoms with Gasteiger partial charge in [-0.2, -0.15) is 10.3 Å². The molecule has 127 heavy (non-hydrogen) atoms. The largest absolute Gasteiger partial charge is 0.507 e. The molecule has 6 spiro atoms. The number of benzene rings is 7. The monoisotopic (exact) mass is 2020 g/mol. The summed E-state index contributed by atoms with van der Waals surface area (Å²) in [5.41, 5.74) is 19.5. The lowest BCUT2D eigenvalue weighted by atomic mass is 9.80. The summed E-state index contributed by atoms with van der Waals surface area (Å²) in [6, 6.07) is 42.4. The maximum atomic E-state index is 12.2. The number of phenolic OH excluding ortho intramolecular Hbond substituents is 1. The standard InChI is InChI=1S/C23H24N4O2.C16H20BrN3O2.C15H15BrN2O.C14H15BrO2.C8H7BrO2.C7H6BNO2.C6H10O.C5H11NSi.CH5NO.ClH/c1-15-9-10-22(13-15)14-23(26-21(24)27(3)29-23)19-12-17(7-8-20(19)28-22)16-5-4-6-18(11-16)25-2;1-10-5-6-15(8-10)9-16(19-14(18)20(2)22-16)12-7-11(17)3-4-13(12)21-15;1-10-4-5-15(7-10)8-13(18-9-17)12-6-11(16)2-3-14(12)19-15;1-9-4-5-14(7-9)8-12(16)11-6-10(15)2-3-13(11)17-14;1-5(10)7-4-6(9)2-3-8(7)11;1-9-7-4-2-3-6(5-7)8(10)11;1-5-2-3-6(7)4-5;1-5-6-7(2,3)4;1-2-3;/h4-8,11-12,15H,9-10,13-14H2,1,3H3,(H2,24,26);3-4,7,10H,5-6,8-9H2,1-2H3,(H2,18,19);2-3,6,10H,4-5,7-8H2,1H3;2-3,6,9H,4-5,7-8H2,1H3;2-4,11H,1H3;2-5,10-11H;5H,2-4H2,1H3;1H2,2-4H3;2-3H,1H3;1H. The zero-order valence-electron chi connectivity index (χ0n) is 73.9. The fourth-order valence-corrected chi connectivity index (χ4v) is 20.0. The predicted octanol–water partition coefficient (Wildman–Crippen LogP) is 21.1. The Labute approximate surface area is 787 Å². The molecule has 0 aromatic heterocycles. The van der Waals surface area contributed by atoms with E-state index in [0.29, 0.717) is 89.0 Å². The molecule has 0 amide bonds. The van der Waals surface area contributed by atoms with Crippen LogP contribution in [0.15, 0.2) is 184 Å². The zero-order chi connectivity index (χ0) is 91.9. The molecule has 5 saturated carbocycles. The van der Waals surface area contributed by atoms with Crippen molar-refractivity contribution >= 4 is 149 Å². The molecule has 25 nitrogen and oxygen atoms in total. The molecule has 674 valence electrons. The molecule has 7 aromatic carbocycles. The van der Waals surface area contributed by atoms with E-state index < -0.39 is 26.8 Å². The Hall–Kier alpha value is -9.07. The van der Waals surface area contributed by atoms with Crippen LogP contribution in [0.4, 0.5) is 11.4 Å². The number of hydrogen-bond acceptors (Lipinski definition) is 23. The lowest BCUT2D eigenvalue weighted by Gasteiger charge is -2.43. The van der Waals surface area contributed by atoms with Crippen molar-refractivity contribution in [2.24, 2.45) is 60.7 Å². The topological polar surface area (TPSA) is 340 Å². The first-order chi connectivity index (χ1) is 59.6. The highest BCUT2D eigenvalue weighted by molar-refractivity contribution is 9.11. The van der Waals surface area contributed by atoms with Crippen LogP contribution in [0.1, 0.15) is 201 Å². The Morgan fingerprint density at radius 3 is 1.46 bits per heavy atom. The van der Waals surface area contributed by atoms with Crippen LogP contribution in [0, 0.1) is 54.2 Å². The van der Waals surface area contributed by atoms with Gasteiger partial charge in [-0.25, -0.2) is 45.0 Å². The first-order valence-electron chi connectivity index (χ1n) is 42.4. The number of nitrogens with zero attached hydrogens (tertiary/aromatic N) is 9. The number of halogens is 5. The van der Waals surface area contributed by atoms with Crippen molar-refractivity contribution in [1.29, 1.82) is 5.26 Å². The molecule has 0 bridgehead atoms. The van der Waals surface area contributed by atoms with Crippen molar-refractivity contribution in [1.82, 2.24) is 15.6 Å². The molecule has 32 heteroatoms. The molecule has 6 heterocycles. The third-order valence-corrected chi connectivity index (χ3v) is 26.6. The number of aliphatic imine (C=N–C) groups is 3. The van der Waals surface area contributed by atoms with Gasteiger partial charge < -0.3 is 50.8 Å². The molecule has 5 aliphatic carbocycles. The summed E-state index contributed by atoms with van der Waals surface area (Å²) in [4.78, 5) is 66.1. The van der Waals surface area contributed by atoms with E-state index in [0.717, 1.165) is 163 Å². The normalized spacial score (nSPS) is 26.1. The Bertz CT molecular complexity index is 5430. The van der Waals surface area contributed by atoms with Gasteiger partial charge in [-0.1, -0.05) is 147 Å². The molecular weight excluding hydrogens is 1910 g/mol. The molecule has 11 aliphatic rings. The first-order valence-corrected chi connectivity index (χ1v) is 49.0. The molecule has 6 aliphatic heterocycles. The van der Waals surface area contributed by atoms with Crippen molar-refractivity contribution in [3.8, 4) is 46.1 Å². The highest BCUT2D eigenvalue weighted by Crippen LogP contribution is 2.58. The van der Waals surface area contributed by atoms with Gasteiger partial charge in [0, 0.05) is 76.7 Å². The Kier molecular flexibility index (Phi) is 35.2. The van der Waals surface area contributed by atoms with E-state index >= 15 is 0 Å². The van der Waals surface area contributed by atoms with Gasteiger partial charge >= 0.3 is 7.12 Å². The number of phenols is 1. The van der Waals surface area contributed by atoms with Crippen molar-refractivity contribution < 1.29 is 63.4 Å². The summed E-state index contributed by atoms with van der Waals surface area (Å²) < 4.78 is 33.2. The summed E-state index contributed by atoms with van der Waals surface area (Å²) >= 11 is 13.6. The Morgan fingerprint density at radius 2 is 1.05 bits per heavy atom. The number of Topliss-reactive ketones (excluding diaryl/α,β-unsaturated/α-hetero) is 3. The molecule has 18 rings (SSSR count). The summed E-state index contributed by atoms with van der Waals surface area (Å²) in [6.45, 7) is 36.3. The molecular formula is C95H114BBr4ClN12O13Si. The summed E-state index contributed by atoms with van der Waals surface area (Å²) in [7, 11) is 2.32. The van der Waals surface area contributed by atoms with Crippen LogP contribution >= 0.6 is 76.1 Å². The molecule has 11 atom stereocenters. The van der Waals surface area contributed by atoms with Gasteiger partial charge in [-0.05, 0) is 260 Å². The van der Waals surface area contributed by atoms with Crippen LogP contribution in [-0.4, -0.2) is 130 Å². The number of nitrogens with two attached hydrogens (primary N) is 2. The number of guanidine groups is 2. The molecule has 5 fully saturated rings. The van der Waals surface area contributed by atoms with Gasteiger partial charge in [0.25, 0.3) is 0 Å². The average Bonchev–Trinajstić information content (AvgIpc) is 1.60. The maximum Gasteiger partial charge on any atom is 0.487 e. The minimum Gasteiger partial charge on any atom is -0.507 e. The third-order valence-electron chi connectivity index (χ3n) is 23.8. The number of carbonyl (C=O) groups is 3. The number of ether oxygens (including phenoxy) is 4. The summed E-state index contributed by atoms with van der Waals surface area (Å²) in [5.74, 6) is 10.5. The van der Waals surface area contributed by atoms with Crippen molar-refractivity contribution in [2.75, 3.05) is 21.1 Å². The van der Waals surface area contributed by atoms with Crippen LogP contribution < -0.4 is 41.4 Å². The Balaban J connectivity index is 0.000000170. The second kappa shape index (κ2) is 44.0. The van der Waals surface area contributed by atoms with E-state index in [1.165, 1.54) is 45.4 Å². The number of fused-ring (bicyclic) bond motifs is 6. The van der Waals surface area contributed by atoms with Crippen LogP contribution in [0.2, 0.25) is 19.6 Å². The minimum absolute atomic E-state index is 0. The Morgan fingerprint density at radius 1 is 0.614 bits per heavy atom. The average molecular weight is 2030 g/mol. The number of nitrogens with one attached hydrogen (secondary N) is 1. The van der Waals surface area contributed by atoms with Gasteiger partial charge in [-0.15, -0.1) is 12.4 Å². The fraction of sp³-hybridized carbons (Fsp3) is 0.442. The summed E-state index contributed by atoms with van der Waals surface area (Å²) in [5, 5.41) is 45.9. The van der Waals surface area contributed by atoms with E-state index in [1.54, 1.807) is 60.0 Å². The van der Waals surface area contributed by atoms with Crippen LogP contribution in [-0.2, 0) is 25.9 Å². The number of nitriles is 1. The number of hydrogen-bond donors (Lipinski definition) is 7. The highest BCUT2D eigenvalue weighted by atomic mass is 79.9. The molecule has 9 N–H and O–H groups in total. The van der Waals surface area contributed by atoms with Crippen LogP contribution in [0.5, 0.6) is 28.7 Å². The lowest BCUT2D eigenvalue weighted by molar-refractivity contribution is -0.204. The molecule has 0 radical (unpaired) electrons. The van der Waals surface area contributed by atoms with Gasteiger partial charge in [0.05, 0.1) is 47.5 Å². The quantitative estimate of drug-likeness (QED) is 0.0215. The van der Waals surface area contributed by atoms with Gasteiger partial charge in [0.15, 0.2) is 31.2 Å². The number of aromatic hydroxyl groups is 1. The number of hydroxylamine groups is 5. The third kappa shape index (κ3) is 26.4. The minimum atomic E-state index is -1.49.